The molecule has 1 aliphatic rings. The molecular weight excluding hydrogens is 230 g/mol. The second kappa shape index (κ2) is 6.41. The summed E-state index contributed by atoms with van der Waals surface area (Å²) in [5.41, 5.74) is 0. The van der Waals surface area contributed by atoms with Crippen molar-refractivity contribution < 1.29 is 4.79 Å². The molecule has 0 saturated carbocycles. The smallest absolute Gasteiger partial charge is 0.222 e. The Morgan fingerprint density at radius 1 is 1.15 bits per heavy atom. The van der Waals surface area contributed by atoms with Crippen molar-refractivity contribution in [1.29, 1.82) is 0 Å². The highest BCUT2D eigenvalue weighted by Crippen LogP contribution is 2.11. The van der Waals surface area contributed by atoms with E-state index in [2.05, 4.69) is 15.9 Å². The molecule has 1 aliphatic heterocycles. The fourth-order valence-electron chi connectivity index (χ4n) is 1.67. The summed E-state index contributed by atoms with van der Waals surface area (Å²) < 4.78 is 0. The van der Waals surface area contributed by atoms with E-state index in [4.69, 9.17) is 0 Å². The van der Waals surface area contributed by atoms with Gasteiger partial charge in [0.05, 0.1) is 0 Å². The third-order valence-electron chi connectivity index (χ3n) is 2.48. The van der Waals surface area contributed by atoms with E-state index in [9.17, 15) is 4.79 Å². The number of nitrogens with zero attached hydrogens (tertiary/aromatic N) is 1. The number of carbonyl (C=O) groups is 1. The van der Waals surface area contributed by atoms with Crippen LogP contribution in [0.2, 0.25) is 0 Å². The zero-order valence-electron chi connectivity index (χ0n) is 8.10. The molecule has 0 atom stereocenters. The van der Waals surface area contributed by atoms with Gasteiger partial charge in [0.25, 0.3) is 0 Å². The molecule has 0 aliphatic carbocycles. The van der Waals surface area contributed by atoms with E-state index in [-0.39, 0.29) is 0 Å². The molecule has 13 heavy (non-hydrogen) atoms. The molecule has 0 aromatic carbocycles. The van der Waals surface area contributed by atoms with Gasteiger partial charge in [-0.1, -0.05) is 22.4 Å². The fraction of sp³-hybridized carbons (Fsp3) is 0.900. The number of hydrogen-bond acceptors (Lipinski definition) is 1. The molecule has 0 aromatic rings. The zero-order valence-corrected chi connectivity index (χ0v) is 9.68. The number of rotatable bonds is 5. The summed E-state index contributed by atoms with van der Waals surface area (Å²) in [4.78, 5) is 13.5. The van der Waals surface area contributed by atoms with Crippen LogP contribution in [-0.2, 0) is 4.79 Å². The van der Waals surface area contributed by atoms with Crippen LogP contribution < -0.4 is 0 Å². The summed E-state index contributed by atoms with van der Waals surface area (Å²) >= 11 is 3.39. The molecule has 0 aromatic heterocycles. The van der Waals surface area contributed by atoms with Gasteiger partial charge in [-0.2, -0.15) is 0 Å². The lowest BCUT2D eigenvalue weighted by atomic mass is 10.2. The van der Waals surface area contributed by atoms with Crippen LogP contribution in [0.25, 0.3) is 0 Å². The summed E-state index contributed by atoms with van der Waals surface area (Å²) in [6.45, 7) is 1.99. The van der Waals surface area contributed by atoms with Crippen LogP contribution in [0.5, 0.6) is 0 Å². The number of carbonyl (C=O) groups excluding carboxylic acids is 1. The fourth-order valence-corrected chi connectivity index (χ4v) is 2.07. The molecule has 0 unspecified atom stereocenters. The summed E-state index contributed by atoms with van der Waals surface area (Å²) in [5, 5.41) is 1.06. The van der Waals surface area contributed by atoms with Crippen LogP contribution in [0, 0.1) is 0 Å². The molecule has 1 amide bonds. The highest BCUT2D eigenvalue weighted by atomic mass is 79.9. The largest absolute Gasteiger partial charge is 0.343 e. The normalized spacial score (nSPS) is 16.5. The van der Waals surface area contributed by atoms with Crippen LogP contribution in [0.1, 0.15) is 38.5 Å². The van der Waals surface area contributed by atoms with Gasteiger partial charge in [0.15, 0.2) is 0 Å². The lowest BCUT2D eigenvalue weighted by molar-refractivity contribution is -0.130. The zero-order chi connectivity index (χ0) is 9.52. The average molecular weight is 248 g/mol. The Balaban J connectivity index is 2.03. The van der Waals surface area contributed by atoms with Gasteiger partial charge in [-0.25, -0.2) is 0 Å². The Bertz CT molecular complexity index is 155. The minimum absolute atomic E-state index is 0.368. The van der Waals surface area contributed by atoms with Gasteiger partial charge in [0.1, 0.15) is 0 Å². The van der Waals surface area contributed by atoms with Gasteiger partial charge >= 0.3 is 0 Å². The second-order valence-corrected chi connectivity index (χ2v) is 4.38. The maximum absolute atomic E-state index is 11.5. The van der Waals surface area contributed by atoms with Gasteiger partial charge < -0.3 is 4.90 Å². The van der Waals surface area contributed by atoms with E-state index in [0.717, 1.165) is 31.3 Å². The maximum Gasteiger partial charge on any atom is 0.222 e. The van der Waals surface area contributed by atoms with Gasteiger partial charge in [0.2, 0.25) is 5.91 Å². The number of hydrogen-bond donors (Lipinski definition) is 0. The van der Waals surface area contributed by atoms with Crippen LogP contribution in [0.15, 0.2) is 0 Å². The second-order valence-electron chi connectivity index (χ2n) is 3.59. The molecule has 3 heteroatoms. The van der Waals surface area contributed by atoms with Crippen LogP contribution in [0.3, 0.4) is 0 Å². The first kappa shape index (κ1) is 11.0. The Morgan fingerprint density at radius 3 is 2.46 bits per heavy atom. The molecule has 1 saturated heterocycles. The van der Waals surface area contributed by atoms with Gasteiger partial charge in [-0.15, -0.1) is 0 Å². The molecule has 0 bridgehead atoms. The Kier molecular flexibility index (Phi) is 5.44. The van der Waals surface area contributed by atoms with Crippen molar-refractivity contribution in [2.75, 3.05) is 18.4 Å². The van der Waals surface area contributed by atoms with Crippen molar-refractivity contribution in [3.05, 3.63) is 0 Å². The topological polar surface area (TPSA) is 20.3 Å². The lowest BCUT2D eigenvalue weighted by Crippen LogP contribution is -2.27. The Labute approximate surface area is 88.8 Å². The van der Waals surface area contributed by atoms with E-state index < -0.39 is 0 Å². The molecule has 0 spiro atoms. The average Bonchev–Trinajstić information content (AvgIpc) is 2.65. The Hall–Kier alpha value is -0.0500. The SMILES string of the molecule is O=C(CCCCCBr)N1CCCC1. The monoisotopic (exact) mass is 247 g/mol. The molecular formula is C10H18BrNO. The minimum Gasteiger partial charge on any atom is -0.343 e. The first-order valence-corrected chi connectivity index (χ1v) is 6.30. The number of amides is 1. The van der Waals surface area contributed by atoms with E-state index >= 15 is 0 Å². The molecule has 0 radical (unpaired) electrons. The maximum atomic E-state index is 11.5. The summed E-state index contributed by atoms with van der Waals surface area (Å²) in [5.74, 6) is 0.368. The Morgan fingerprint density at radius 2 is 1.85 bits per heavy atom. The van der Waals surface area contributed by atoms with Crippen molar-refractivity contribution in [1.82, 2.24) is 4.90 Å². The highest BCUT2D eigenvalue weighted by molar-refractivity contribution is 9.09. The van der Waals surface area contributed by atoms with Crippen molar-refractivity contribution >= 4 is 21.8 Å². The summed E-state index contributed by atoms with van der Waals surface area (Å²) in [7, 11) is 0. The quantitative estimate of drug-likeness (QED) is 0.541. The molecule has 1 fully saturated rings. The summed E-state index contributed by atoms with van der Waals surface area (Å²) in [6, 6.07) is 0. The van der Waals surface area contributed by atoms with Crippen LogP contribution in [0.4, 0.5) is 0 Å². The third-order valence-corrected chi connectivity index (χ3v) is 3.04. The first-order chi connectivity index (χ1) is 6.34. The predicted octanol–water partition coefficient (Wildman–Crippen LogP) is 2.56. The van der Waals surface area contributed by atoms with Crippen molar-refractivity contribution in [3.8, 4) is 0 Å². The predicted molar refractivity (Wildman–Crippen MR) is 58.1 cm³/mol. The lowest BCUT2D eigenvalue weighted by Gasteiger charge is -2.14. The number of alkyl halides is 1. The van der Waals surface area contributed by atoms with Crippen LogP contribution in [-0.4, -0.2) is 29.2 Å². The molecule has 0 N–H and O–H groups in total. The summed E-state index contributed by atoms with van der Waals surface area (Å²) in [6.07, 6.45) is 6.58. The number of halogens is 1. The van der Waals surface area contributed by atoms with E-state index in [1.165, 1.54) is 25.7 Å². The van der Waals surface area contributed by atoms with E-state index in [1.807, 2.05) is 4.90 Å². The number of unbranched alkanes of at least 4 members (excludes halogenated alkanes) is 2. The van der Waals surface area contributed by atoms with E-state index in [0.29, 0.717) is 5.91 Å². The highest BCUT2D eigenvalue weighted by Gasteiger charge is 2.16. The third kappa shape index (κ3) is 4.12. The minimum atomic E-state index is 0.368. The first-order valence-electron chi connectivity index (χ1n) is 5.18. The van der Waals surface area contributed by atoms with Crippen molar-refractivity contribution in [2.24, 2.45) is 0 Å². The molecule has 76 valence electrons. The molecule has 2 nitrogen and oxygen atoms in total. The van der Waals surface area contributed by atoms with Crippen molar-refractivity contribution in [3.63, 3.8) is 0 Å². The van der Waals surface area contributed by atoms with E-state index in [1.54, 1.807) is 0 Å². The van der Waals surface area contributed by atoms with Gasteiger partial charge in [-0.05, 0) is 25.7 Å². The number of likely N-dealkylation sites (tertiary alicyclic amines) is 1. The van der Waals surface area contributed by atoms with Gasteiger partial charge in [0, 0.05) is 24.8 Å². The van der Waals surface area contributed by atoms with Crippen molar-refractivity contribution in [2.45, 2.75) is 38.5 Å². The standard InChI is InChI=1S/C10H18BrNO/c11-7-3-1-2-6-10(13)12-8-4-5-9-12/h1-9H2. The van der Waals surface area contributed by atoms with Gasteiger partial charge in [-0.3, -0.25) is 4.79 Å². The molecule has 1 rings (SSSR count). The van der Waals surface area contributed by atoms with Crippen LogP contribution >= 0.6 is 15.9 Å². The molecule has 1 heterocycles.